The van der Waals surface area contributed by atoms with Gasteiger partial charge in [0.25, 0.3) is 0 Å². The van der Waals surface area contributed by atoms with Gasteiger partial charge in [-0.15, -0.1) is 0 Å². The van der Waals surface area contributed by atoms with Gasteiger partial charge in [0.05, 0.1) is 0 Å². The fourth-order valence-electron chi connectivity index (χ4n) is 2.59. The van der Waals surface area contributed by atoms with Crippen molar-refractivity contribution >= 4 is 10.9 Å². The van der Waals surface area contributed by atoms with Crippen LogP contribution in [0.4, 0.5) is 0 Å². The Bertz CT molecular complexity index is 516. The van der Waals surface area contributed by atoms with Crippen LogP contribution in [0.1, 0.15) is 20.3 Å². The number of hydrogen-bond acceptors (Lipinski definition) is 2. The van der Waals surface area contributed by atoms with Crippen molar-refractivity contribution in [3.8, 4) is 0 Å². The van der Waals surface area contributed by atoms with Crippen LogP contribution >= 0.6 is 0 Å². The minimum Gasteiger partial charge on any atom is -0.347 e. The summed E-state index contributed by atoms with van der Waals surface area (Å²) in [5, 5.41) is 4.86. The van der Waals surface area contributed by atoms with Gasteiger partial charge in [0.15, 0.2) is 0 Å². The van der Waals surface area contributed by atoms with Gasteiger partial charge in [-0.1, -0.05) is 32.0 Å². The lowest BCUT2D eigenvalue weighted by atomic mass is 9.96. The van der Waals surface area contributed by atoms with Gasteiger partial charge in [-0.05, 0) is 55.4 Å². The lowest BCUT2D eigenvalue weighted by Crippen LogP contribution is -2.32. The summed E-state index contributed by atoms with van der Waals surface area (Å²) in [6, 6.07) is 10.7. The van der Waals surface area contributed by atoms with Crippen molar-refractivity contribution in [1.82, 2.24) is 9.88 Å². The van der Waals surface area contributed by atoms with Gasteiger partial charge in [-0.3, -0.25) is 0 Å². The van der Waals surface area contributed by atoms with E-state index in [2.05, 4.69) is 60.3 Å². The van der Waals surface area contributed by atoms with E-state index >= 15 is 0 Å². The SMILES string of the molecule is CC(C)C(CN)CNCCCn1ccc2ccccc21. The van der Waals surface area contributed by atoms with Crippen LogP contribution in [-0.2, 0) is 6.54 Å². The van der Waals surface area contributed by atoms with E-state index in [4.69, 9.17) is 5.73 Å². The molecule has 1 atom stereocenters. The molecule has 0 saturated carbocycles. The Labute approximate surface area is 122 Å². The molecular formula is C17H27N3. The second-order valence-electron chi connectivity index (χ2n) is 5.87. The molecule has 0 bridgehead atoms. The van der Waals surface area contributed by atoms with E-state index in [1.807, 2.05) is 0 Å². The monoisotopic (exact) mass is 273 g/mol. The number of aryl methyl sites for hydroxylation is 1. The van der Waals surface area contributed by atoms with Crippen LogP contribution in [0.2, 0.25) is 0 Å². The maximum atomic E-state index is 5.78. The van der Waals surface area contributed by atoms with Crippen molar-refractivity contribution in [2.24, 2.45) is 17.6 Å². The molecule has 1 unspecified atom stereocenters. The normalized spacial score (nSPS) is 13.2. The number of para-hydroxylation sites is 1. The Morgan fingerprint density at radius 1 is 1.20 bits per heavy atom. The van der Waals surface area contributed by atoms with Gasteiger partial charge in [-0.25, -0.2) is 0 Å². The predicted molar refractivity (Wildman–Crippen MR) is 86.8 cm³/mol. The van der Waals surface area contributed by atoms with Gasteiger partial charge in [0.2, 0.25) is 0 Å². The first-order valence-corrected chi connectivity index (χ1v) is 7.67. The Morgan fingerprint density at radius 2 is 2.00 bits per heavy atom. The lowest BCUT2D eigenvalue weighted by molar-refractivity contribution is 0.369. The molecule has 0 aliphatic carbocycles. The van der Waals surface area contributed by atoms with E-state index in [9.17, 15) is 0 Å². The molecule has 3 N–H and O–H groups in total. The largest absolute Gasteiger partial charge is 0.347 e. The first-order chi connectivity index (χ1) is 9.72. The van der Waals surface area contributed by atoms with Crippen LogP contribution in [0.25, 0.3) is 10.9 Å². The molecule has 2 aromatic rings. The molecule has 3 heteroatoms. The Kier molecular flexibility index (Phi) is 5.62. The fraction of sp³-hybridized carbons (Fsp3) is 0.529. The molecule has 1 heterocycles. The number of rotatable bonds is 8. The third-order valence-electron chi connectivity index (χ3n) is 4.08. The highest BCUT2D eigenvalue weighted by Crippen LogP contribution is 2.15. The fourth-order valence-corrected chi connectivity index (χ4v) is 2.59. The third-order valence-corrected chi connectivity index (χ3v) is 4.08. The summed E-state index contributed by atoms with van der Waals surface area (Å²) in [5.74, 6) is 1.24. The number of nitrogens with one attached hydrogen (secondary N) is 1. The molecule has 0 amide bonds. The van der Waals surface area contributed by atoms with Gasteiger partial charge >= 0.3 is 0 Å². The van der Waals surface area contributed by atoms with Gasteiger partial charge in [-0.2, -0.15) is 0 Å². The summed E-state index contributed by atoms with van der Waals surface area (Å²) in [4.78, 5) is 0. The smallest absolute Gasteiger partial charge is 0.0480 e. The van der Waals surface area contributed by atoms with Gasteiger partial charge in [0.1, 0.15) is 0 Å². The molecule has 0 saturated heterocycles. The zero-order valence-corrected chi connectivity index (χ0v) is 12.7. The number of hydrogen-bond donors (Lipinski definition) is 2. The average Bonchev–Trinajstić information content (AvgIpc) is 2.86. The van der Waals surface area contributed by atoms with Gasteiger partial charge in [0, 0.05) is 18.3 Å². The molecular weight excluding hydrogens is 246 g/mol. The minimum absolute atomic E-state index is 0.586. The molecule has 0 fully saturated rings. The maximum absolute atomic E-state index is 5.78. The molecule has 0 radical (unpaired) electrons. The van der Waals surface area contributed by atoms with Crippen molar-refractivity contribution in [2.75, 3.05) is 19.6 Å². The van der Waals surface area contributed by atoms with Crippen molar-refractivity contribution in [3.63, 3.8) is 0 Å². The summed E-state index contributed by atoms with van der Waals surface area (Å²) in [5.41, 5.74) is 7.11. The number of nitrogens with two attached hydrogens (primary N) is 1. The second kappa shape index (κ2) is 7.46. The van der Waals surface area contributed by atoms with Crippen molar-refractivity contribution in [2.45, 2.75) is 26.8 Å². The van der Waals surface area contributed by atoms with Crippen LogP contribution in [0.3, 0.4) is 0 Å². The highest BCUT2D eigenvalue weighted by Gasteiger charge is 2.10. The molecule has 0 spiro atoms. The predicted octanol–water partition coefficient (Wildman–Crippen LogP) is 2.85. The molecule has 0 aliphatic rings. The molecule has 20 heavy (non-hydrogen) atoms. The van der Waals surface area contributed by atoms with E-state index in [0.717, 1.165) is 32.6 Å². The number of nitrogens with zero attached hydrogens (tertiary/aromatic N) is 1. The topological polar surface area (TPSA) is 43.0 Å². The summed E-state index contributed by atoms with van der Waals surface area (Å²) >= 11 is 0. The summed E-state index contributed by atoms with van der Waals surface area (Å²) < 4.78 is 2.33. The van der Waals surface area contributed by atoms with Crippen LogP contribution in [0, 0.1) is 11.8 Å². The molecule has 0 aliphatic heterocycles. The van der Waals surface area contributed by atoms with Crippen LogP contribution < -0.4 is 11.1 Å². The highest BCUT2D eigenvalue weighted by atomic mass is 15.0. The number of fused-ring (bicyclic) bond motifs is 1. The van der Waals surface area contributed by atoms with E-state index in [1.165, 1.54) is 10.9 Å². The van der Waals surface area contributed by atoms with Crippen molar-refractivity contribution < 1.29 is 0 Å². The average molecular weight is 273 g/mol. The van der Waals surface area contributed by atoms with Crippen molar-refractivity contribution in [3.05, 3.63) is 36.5 Å². The Balaban J connectivity index is 1.74. The van der Waals surface area contributed by atoms with E-state index in [1.54, 1.807) is 0 Å². The minimum atomic E-state index is 0.586. The van der Waals surface area contributed by atoms with E-state index in [-0.39, 0.29) is 0 Å². The van der Waals surface area contributed by atoms with E-state index in [0.29, 0.717) is 11.8 Å². The molecule has 3 nitrogen and oxygen atoms in total. The summed E-state index contributed by atoms with van der Waals surface area (Å²) in [7, 11) is 0. The van der Waals surface area contributed by atoms with Crippen LogP contribution in [-0.4, -0.2) is 24.2 Å². The third kappa shape index (κ3) is 3.84. The quantitative estimate of drug-likeness (QED) is 0.726. The first-order valence-electron chi connectivity index (χ1n) is 7.67. The second-order valence-corrected chi connectivity index (χ2v) is 5.87. The highest BCUT2D eigenvalue weighted by molar-refractivity contribution is 5.79. The molecule has 110 valence electrons. The van der Waals surface area contributed by atoms with Gasteiger partial charge < -0.3 is 15.6 Å². The zero-order valence-electron chi connectivity index (χ0n) is 12.7. The number of benzene rings is 1. The Hall–Kier alpha value is -1.32. The molecule has 1 aromatic heterocycles. The number of aromatic nitrogens is 1. The maximum Gasteiger partial charge on any atom is 0.0480 e. The first kappa shape index (κ1) is 15.1. The zero-order chi connectivity index (χ0) is 14.4. The molecule has 1 aromatic carbocycles. The molecule has 2 rings (SSSR count). The summed E-state index contributed by atoms with van der Waals surface area (Å²) in [6.07, 6.45) is 3.33. The summed E-state index contributed by atoms with van der Waals surface area (Å²) in [6.45, 7) is 8.40. The Morgan fingerprint density at radius 3 is 2.75 bits per heavy atom. The standard InChI is InChI=1S/C17H27N3/c1-14(2)16(12-18)13-19-9-5-10-20-11-8-15-6-3-4-7-17(15)20/h3-4,6-8,11,14,16,19H,5,9-10,12-13,18H2,1-2H3. The van der Waals surface area contributed by atoms with Crippen LogP contribution in [0.15, 0.2) is 36.5 Å². The van der Waals surface area contributed by atoms with E-state index < -0.39 is 0 Å². The van der Waals surface area contributed by atoms with Crippen molar-refractivity contribution in [1.29, 1.82) is 0 Å². The lowest BCUT2D eigenvalue weighted by Gasteiger charge is -2.19. The van der Waals surface area contributed by atoms with Crippen LogP contribution in [0.5, 0.6) is 0 Å².